The van der Waals surface area contributed by atoms with Crippen molar-refractivity contribution in [2.45, 2.75) is 6.92 Å². The molecule has 0 fully saturated rings. The van der Waals surface area contributed by atoms with Gasteiger partial charge in [0.25, 0.3) is 5.91 Å². The minimum absolute atomic E-state index is 0.340. The first-order valence-corrected chi connectivity index (χ1v) is 7.75. The molecule has 6 heteroatoms. The van der Waals surface area contributed by atoms with Crippen molar-refractivity contribution in [3.8, 4) is 17.0 Å². The highest BCUT2D eigenvalue weighted by Gasteiger charge is 2.10. The second kappa shape index (κ2) is 7.44. The Morgan fingerprint density at radius 2 is 2.00 bits per heavy atom. The number of carbonyl (C=O) groups is 1. The van der Waals surface area contributed by atoms with Gasteiger partial charge in [0.2, 0.25) is 0 Å². The molecule has 0 saturated carbocycles. The van der Waals surface area contributed by atoms with Crippen molar-refractivity contribution in [2.75, 3.05) is 7.11 Å². The average molecular weight is 334 g/mol. The fourth-order valence-electron chi connectivity index (χ4n) is 2.32. The Labute approximate surface area is 145 Å². The fourth-order valence-corrected chi connectivity index (χ4v) is 2.32. The van der Waals surface area contributed by atoms with E-state index in [4.69, 9.17) is 4.74 Å². The maximum atomic E-state index is 12.1. The van der Waals surface area contributed by atoms with E-state index in [-0.39, 0.29) is 5.91 Å². The summed E-state index contributed by atoms with van der Waals surface area (Å²) in [7, 11) is 1.61. The number of carbonyl (C=O) groups excluding carboxylic acids is 1. The molecular weight excluding hydrogens is 316 g/mol. The highest BCUT2D eigenvalue weighted by molar-refractivity contribution is 5.94. The van der Waals surface area contributed by atoms with Gasteiger partial charge in [-0.15, -0.1) is 0 Å². The number of methoxy groups -OCH3 is 1. The molecular formula is C19H18N4O2. The molecule has 3 aromatic rings. The van der Waals surface area contributed by atoms with Gasteiger partial charge in [0.05, 0.1) is 19.0 Å². The largest absolute Gasteiger partial charge is 0.497 e. The fraction of sp³-hybridized carbons (Fsp3) is 0.105. The van der Waals surface area contributed by atoms with Crippen LogP contribution >= 0.6 is 0 Å². The Hall–Kier alpha value is -3.41. The van der Waals surface area contributed by atoms with Crippen molar-refractivity contribution in [2.24, 2.45) is 5.10 Å². The number of H-pyrrole nitrogens is 1. The van der Waals surface area contributed by atoms with Crippen LogP contribution in [0.3, 0.4) is 0 Å². The molecule has 1 aromatic heterocycles. The van der Waals surface area contributed by atoms with Gasteiger partial charge in [0.15, 0.2) is 0 Å². The average Bonchev–Trinajstić information content (AvgIpc) is 3.12. The molecule has 0 spiro atoms. The molecule has 0 atom stereocenters. The van der Waals surface area contributed by atoms with Gasteiger partial charge >= 0.3 is 0 Å². The van der Waals surface area contributed by atoms with Crippen LogP contribution in [0.1, 0.15) is 21.6 Å². The molecule has 3 rings (SSSR count). The van der Waals surface area contributed by atoms with Crippen LogP contribution in [-0.4, -0.2) is 29.4 Å². The summed E-state index contributed by atoms with van der Waals surface area (Å²) in [4.78, 5) is 12.1. The van der Waals surface area contributed by atoms with Gasteiger partial charge in [0.1, 0.15) is 11.4 Å². The number of hydrogen-bond donors (Lipinski definition) is 2. The summed E-state index contributed by atoms with van der Waals surface area (Å²) < 4.78 is 5.13. The van der Waals surface area contributed by atoms with Gasteiger partial charge in [0, 0.05) is 5.56 Å². The Kier molecular flexibility index (Phi) is 4.89. The van der Waals surface area contributed by atoms with E-state index in [1.807, 2.05) is 55.5 Å². The number of benzene rings is 2. The van der Waals surface area contributed by atoms with Gasteiger partial charge in [-0.05, 0) is 42.8 Å². The van der Waals surface area contributed by atoms with Crippen LogP contribution in [0.25, 0.3) is 11.3 Å². The van der Waals surface area contributed by atoms with Crippen molar-refractivity contribution in [3.63, 3.8) is 0 Å². The van der Waals surface area contributed by atoms with Crippen molar-refractivity contribution in [1.29, 1.82) is 0 Å². The first kappa shape index (κ1) is 16.4. The smallest absolute Gasteiger partial charge is 0.289 e. The molecule has 25 heavy (non-hydrogen) atoms. The lowest BCUT2D eigenvalue weighted by molar-refractivity contribution is 0.0950. The Balaban J connectivity index is 1.66. The highest BCUT2D eigenvalue weighted by atomic mass is 16.5. The van der Waals surface area contributed by atoms with E-state index in [1.165, 1.54) is 0 Å². The van der Waals surface area contributed by atoms with Crippen LogP contribution in [0.2, 0.25) is 0 Å². The molecule has 0 aliphatic heterocycles. The van der Waals surface area contributed by atoms with Crippen LogP contribution in [0.5, 0.6) is 5.75 Å². The number of rotatable bonds is 5. The third-order valence-electron chi connectivity index (χ3n) is 3.63. The number of aromatic amines is 1. The van der Waals surface area contributed by atoms with E-state index < -0.39 is 0 Å². The maximum Gasteiger partial charge on any atom is 0.289 e. The normalized spacial score (nSPS) is 10.8. The molecule has 1 amide bonds. The SMILES string of the molecule is COc1ccc(-c2cc(C(=O)NN=Cc3cccc(C)c3)[nH]n2)cc1. The topological polar surface area (TPSA) is 79.4 Å². The van der Waals surface area contributed by atoms with Crippen molar-refractivity contribution in [3.05, 3.63) is 71.4 Å². The Bertz CT molecular complexity index is 898. The van der Waals surface area contributed by atoms with E-state index in [0.29, 0.717) is 11.4 Å². The van der Waals surface area contributed by atoms with E-state index in [0.717, 1.165) is 22.4 Å². The molecule has 2 N–H and O–H groups in total. The third-order valence-corrected chi connectivity index (χ3v) is 3.63. The number of amides is 1. The minimum Gasteiger partial charge on any atom is -0.497 e. The molecule has 0 radical (unpaired) electrons. The number of hydrazone groups is 1. The zero-order chi connectivity index (χ0) is 17.6. The summed E-state index contributed by atoms with van der Waals surface area (Å²) in [6, 6.07) is 17.0. The maximum absolute atomic E-state index is 12.1. The molecule has 0 aliphatic carbocycles. The summed E-state index contributed by atoms with van der Waals surface area (Å²) in [5.41, 5.74) is 6.45. The number of nitrogens with one attached hydrogen (secondary N) is 2. The highest BCUT2D eigenvalue weighted by Crippen LogP contribution is 2.21. The lowest BCUT2D eigenvalue weighted by Gasteiger charge is -2.00. The molecule has 0 aliphatic rings. The third kappa shape index (κ3) is 4.11. The summed E-state index contributed by atoms with van der Waals surface area (Å²) >= 11 is 0. The summed E-state index contributed by atoms with van der Waals surface area (Å²) in [5.74, 6) is 0.416. The molecule has 6 nitrogen and oxygen atoms in total. The molecule has 0 unspecified atom stereocenters. The Morgan fingerprint density at radius 3 is 2.72 bits per heavy atom. The second-order valence-electron chi connectivity index (χ2n) is 5.51. The van der Waals surface area contributed by atoms with Crippen LogP contribution in [0.15, 0.2) is 59.7 Å². The lowest BCUT2D eigenvalue weighted by atomic mass is 10.1. The molecule has 1 heterocycles. The molecule has 0 bridgehead atoms. The first-order valence-electron chi connectivity index (χ1n) is 7.75. The van der Waals surface area contributed by atoms with Gasteiger partial charge in [-0.25, -0.2) is 5.43 Å². The summed E-state index contributed by atoms with van der Waals surface area (Å²) in [6.45, 7) is 2.00. The van der Waals surface area contributed by atoms with Crippen LogP contribution in [0, 0.1) is 6.92 Å². The Morgan fingerprint density at radius 1 is 1.20 bits per heavy atom. The van der Waals surface area contributed by atoms with Crippen molar-refractivity contribution >= 4 is 12.1 Å². The number of nitrogens with zero attached hydrogens (tertiary/aromatic N) is 2. The summed E-state index contributed by atoms with van der Waals surface area (Å²) in [5, 5.41) is 10.9. The van der Waals surface area contributed by atoms with Crippen LogP contribution in [-0.2, 0) is 0 Å². The van der Waals surface area contributed by atoms with Gasteiger partial charge in [-0.1, -0.05) is 29.8 Å². The van der Waals surface area contributed by atoms with Crippen LogP contribution < -0.4 is 10.2 Å². The standard InChI is InChI=1S/C19H18N4O2/c1-13-4-3-5-14(10-13)12-20-23-19(24)18-11-17(21-22-18)15-6-8-16(25-2)9-7-15/h3-12H,1-2H3,(H,21,22)(H,23,24). The molecule has 2 aromatic carbocycles. The van der Waals surface area contributed by atoms with Gasteiger partial charge in [-0.3, -0.25) is 9.89 Å². The predicted octanol–water partition coefficient (Wildman–Crippen LogP) is 3.16. The monoisotopic (exact) mass is 334 g/mol. The van der Waals surface area contributed by atoms with Gasteiger partial charge < -0.3 is 4.74 Å². The second-order valence-corrected chi connectivity index (χ2v) is 5.51. The van der Waals surface area contributed by atoms with Crippen LogP contribution in [0.4, 0.5) is 0 Å². The van der Waals surface area contributed by atoms with E-state index >= 15 is 0 Å². The quantitative estimate of drug-likeness (QED) is 0.556. The number of hydrogen-bond acceptors (Lipinski definition) is 4. The van der Waals surface area contributed by atoms with E-state index in [1.54, 1.807) is 19.4 Å². The van der Waals surface area contributed by atoms with Crippen molar-refractivity contribution < 1.29 is 9.53 Å². The number of aromatic nitrogens is 2. The van der Waals surface area contributed by atoms with E-state index in [2.05, 4.69) is 20.7 Å². The lowest BCUT2D eigenvalue weighted by Crippen LogP contribution is -2.18. The summed E-state index contributed by atoms with van der Waals surface area (Å²) in [6.07, 6.45) is 1.60. The van der Waals surface area contributed by atoms with Gasteiger partial charge in [-0.2, -0.15) is 10.2 Å². The molecule has 0 saturated heterocycles. The number of aryl methyl sites for hydroxylation is 1. The van der Waals surface area contributed by atoms with E-state index in [9.17, 15) is 4.79 Å². The van der Waals surface area contributed by atoms with Crippen molar-refractivity contribution in [1.82, 2.24) is 15.6 Å². The minimum atomic E-state index is -0.351. The predicted molar refractivity (Wildman–Crippen MR) is 96.8 cm³/mol. The zero-order valence-electron chi connectivity index (χ0n) is 14.0. The first-order chi connectivity index (χ1) is 12.2. The number of ether oxygens (including phenoxy) is 1. The molecule has 126 valence electrons. The zero-order valence-corrected chi connectivity index (χ0v) is 14.0.